The zero-order chi connectivity index (χ0) is 14.2. The van der Waals surface area contributed by atoms with Crippen LogP contribution in [0.4, 0.5) is 0 Å². The van der Waals surface area contributed by atoms with E-state index in [-0.39, 0.29) is 11.9 Å². The average molecular weight is 284 g/mol. The fraction of sp³-hybridized carbons (Fsp3) is 0.714. The molecule has 0 aliphatic heterocycles. The Hall–Kier alpha value is -1.03. The zero-order valence-electron chi connectivity index (χ0n) is 12.0. The Morgan fingerprint density at radius 1 is 1.42 bits per heavy atom. The minimum absolute atomic E-state index is 0.112. The molecule has 0 spiro atoms. The highest BCUT2D eigenvalue weighted by molar-refractivity contribution is 6.34. The highest BCUT2D eigenvalue weighted by Crippen LogP contribution is 2.30. The Kier molecular flexibility index (Phi) is 4.19. The Balaban J connectivity index is 2.12. The zero-order valence-corrected chi connectivity index (χ0v) is 12.8. The lowest BCUT2D eigenvalue weighted by molar-refractivity contribution is 0.0881. The van der Waals surface area contributed by atoms with Gasteiger partial charge >= 0.3 is 0 Å². The van der Waals surface area contributed by atoms with E-state index in [4.69, 9.17) is 11.6 Å². The monoisotopic (exact) mass is 283 g/mol. The minimum atomic E-state index is -0.112. The van der Waals surface area contributed by atoms with Crippen LogP contribution < -0.4 is 5.32 Å². The van der Waals surface area contributed by atoms with E-state index in [1.165, 1.54) is 12.8 Å². The summed E-state index contributed by atoms with van der Waals surface area (Å²) in [6, 6.07) is 0.238. The average Bonchev–Trinajstić information content (AvgIpc) is 2.59. The van der Waals surface area contributed by atoms with Crippen LogP contribution >= 0.6 is 11.6 Å². The van der Waals surface area contributed by atoms with Crippen LogP contribution in [-0.4, -0.2) is 21.7 Å². The van der Waals surface area contributed by atoms with Crippen molar-refractivity contribution >= 4 is 17.5 Å². The highest BCUT2D eigenvalue weighted by atomic mass is 35.5. The van der Waals surface area contributed by atoms with Crippen molar-refractivity contribution in [2.75, 3.05) is 0 Å². The lowest BCUT2D eigenvalue weighted by Crippen LogP contribution is -2.44. The molecule has 106 valence electrons. The molecule has 5 heteroatoms. The summed E-state index contributed by atoms with van der Waals surface area (Å²) in [5, 5.41) is 7.76. The van der Waals surface area contributed by atoms with Gasteiger partial charge in [-0.05, 0) is 25.2 Å². The standard InChI is InChI=1S/C14H22ClN3O/c1-8-6-5-7-11(9(8)2)16-14(19)13-12(15)10(3)17-18(13)4/h8-9,11H,5-7H2,1-4H3,(H,16,19)/t8-,9+,11+/m0/s1. The molecule has 1 heterocycles. The number of carbonyl (C=O) groups is 1. The van der Waals surface area contributed by atoms with Gasteiger partial charge in [-0.1, -0.05) is 38.3 Å². The number of hydrogen-bond donors (Lipinski definition) is 1. The van der Waals surface area contributed by atoms with E-state index in [0.717, 1.165) is 6.42 Å². The van der Waals surface area contributed by atoms with E-state index < -0.39 is 0 Å². The number of aryl methyl sites for hydroxylation is 2. The molecule has 3 atom stereocenters. The van der Waals surface area contributed by atoms with E-state index in [0.29, 0.717) is 28.2 Å². The maximum atomic E-state index is 12.4. The van der Waals surface area contributed by atoms with E-state index in [1.54, 1.807) is 11.7 Å². The molecule has 1 aromatic rings. The van der Waals surface area contributed by atoms with Crippen molar-refractivity contribution in [2.24, 2.45) is 18.9 Å². The third-order valence-corrected chi connectivity index (χ3v) is 4.84. The second-order valence-electron chi connectivity index (χ2n) is 5.72. The van der Waals surface area contributed by atoms with E-state index in [1.807, 2.05) is 6.92 Å². The summed E-state index contributed by atoms with van der Waals surface area (Å²) in [6.07, 6.45) is 3.47. The van der Waals surface area contributed by atoms with Crippen molar-refractivity contribution in [1.29, 1.82) is 0 Å². The van der Waals surface area contributed by atoms with Crippen LogP contribution in [0.15, 0.2) is 0 Å². The Labute approximate surface area is 119 Å². The molecule has 0 aromatic carbocycles. The molecule has 1 N–H and O–H groups in total. The van der Waals surface area contributed by atoms with Gasteiger partial charge in [0.2, 0.25) is 0 Å². The number of aromatic nitrogens is 2. The van der Waals surface area contributed by atoms with Gasteiger partial charge in [-0.3, -0.25) is 9.48 Å². The third-order valence-electron chi connectivity index (χ3n) is 4.39. The van der Waals surface area contributed by atoms with Gasteiger partial charge in [0.25, 0.3) is 5.91 Å². The van der Waals surface area contributed by atoms with Gasteiger partial charge in [0.05, 0.1) is 10.7 Å². The van der Waals surface area contributed by atoms with Crippen molar-refractivity contribution in [2.45, 2.75) is 46.1 Å². The highest BCUT2D eigenvalue weighted by Gasteiger charge is 2.29. The van der Waals surface area contributed by atoms with Gasteiger partial charge in [-0.15, -0.1) is 0 Å². The summed E-state index contributed by atoms with van der Waals surface area (Å²) < 4.78 is 1.56. The summed E-state index contributed by atoms with van der Waals surface area (Å²) in [5.41, 5.74) is 1.16. The first kappa shape index (κ1) is 14.4. The van der Waals surface area contributed by atoms with Crippen LogP contribution in [0, 0.1) is 18.8 Å². The molecule has 1 aliphatic carbocycles. The largest absolute Gasteiger partial charge is 0.348 e. The van der Waals surface area contributed by atoms with Crippen molar-refractivity contribution in [3.05, 3.63) is 16.4 Å². The van der Waals surface area contributed by atoms with E-state index in [2.05, 4.69) is 24.3 Å². The molecule has 4 nitrogen and oxygen atoms in total. The predicted octanol–water partition coefficient (Wildman–Crippen LogP) is 2.94. The molecule has 0 saturated heterocycles. The number of nitrogens with zero attached hydrogens (tertiary/aromatic N) is 2. The van der Waals surface area contributed by atoms with Gasteiger partial charge < -0.3 is 5.32 Å². The van der Waals surface area contributed by atoms with Crippen LogP contribution in [-0.2, 0) is 7.05 Å². The number of nitrogens with one attached hydrogen (secondary N) is 1. The van der Waals surface area contributed by atoms with Crippen LogP contribution in [0.3, 0.4) is 0 Å². The van der Waals surface area contributed by atoms with E-state index >= 15 is 0 Å². The number of hydrogen-bond acceptors (Lipinski definition) is 2. The molecule has 0 unspecified atom stereocenters. The quantitative estimate of drug-likeness (QED) is 0.907. The predicted molar refractivity (Wildman–Crippen MR) is 76.4 cm³/mol. The molecule has 1 amide bonds. The SMILES string of the molecule is Cc1nn(C)c(C(=O)N[C@@H]2CCC[C@H](C)[C@H]2C)c1Cl. The first-order valence-corrected chi connectivity index (χ1v) is 7.29. The number of amides is 1. The van der Waals surface area contributed by atoms with Gasteiger partial charge in [0.15, 0.2) is 0 Å². The van der Waals surface area contributed by atoms with Crippen LogP contribution in [0.25, 0.3) is 0 Å². The lowest BCUT2D eigenvalue weighted by Gasteiger charge is -2.34. The molecular formula is C14H22ClN3O. The third kappa shape index (κ3) is 2.78. The first-order chi connectivity index (χ1) is 8.91. The summed E-state index contributed by atoms with van der Waals surface area (Å²) in [4.78, 5) is 12.4. The van der Waals surface area contributed by atoms with E-state index in [9.17, 15) is 4.79 Å². The van der Waals surface area contributed by atoms with Crippen molar-refractivity contribution in [1.82, 2.24) is 15.1 Å². The van der Waals surface area contributed by atoms with Crippen molar-refractivity contribution < 1.29 is 4.79 Å². The molecule has 19 heavy (non-hydrogen) atoms. The number of halogens is 1. The van der Waals surface area contributed by atoms with Gasteiger partial charge in [0.1, 0.15) is 5.69 Å². The number of carbonyl (C=O) groups excluding carboxylic acids is 1. The van der Waals surface area contributed by atoms with Gasteiger partial charge in [0, 0.05) is 13.1 Å². The Bertz CT molecular complexity index is 483. The number of rotatable bonds is 2. The summed E-state index contributed by atoms with van der Waals surface area (Å²) in [6.45, 7) is 6.28. The molecule has 0 bridgehead atoms. The smallest absolute Gasteiger partial charge is 0.271 e. The summed E-state index contributed by atoms with van der Waals surface area (Å²) in [5.74, 6) is 1.05. The first-order valence-electron chi connectivity index (χ1n) is 6.91. The normalized spacial score (nSPS) is 27.3. The van der Waals surface area contributed by atoms with Crippen LogP contribution in [0.5, 0.6) is 0 Å². The lowest BCUT2D eigenvalue weighted by atomic mass is 9.78. The maximum Gasteiger partial charge on any atom is 0.271 e. The molecule has 2 rings (SSSR count). The molecule has 0 radical (unpaired) electrons. The van der Waals surface area contributed by atoms with Gasteiger partial charge in [-0.2, -0.15) is 5.10 Å². The fourth-order valence-electron chi connectivity index (χ4n) is 2.90. The van der Waals surface area contributed by atoms with Crippen LogP contribution in [0.1, 0.15) is 49.3 Å². The second kappa shape index (κ2) is 5.53. The molecular weight excluding hydrogens is 262 g/mol. The topological polar surface area (TPSA) is 46.9 Å². The van der Waals surface area contributed by atoms with Crippen molar-refractivity contribution in [3.63, 3.8) is 0 Å². The Morgan fingerprint density at radius 3 is 2.68 bits per heavy atom. The molecule has 1 aromatic heterocycles. The minimum Gasteiger partial charge on any atom is -0.348 e. The van der Waals surface area contributed by atoms with Crippen molar-refractivity contribution in [3.8, 4) is 0 Å². The molecule has 1 aliphatic rings. The Morgan fingerprint density at radius 2 is 2.11 bits per heavy atom. The molecule has 1 saturated carbocycles. The summed E-state index contributed by atoms with van der Waals surface area (Å²) in [7, 11) is 1.75. The maximum absolute atomic E-state index is 12.4. The molecule has 1 fully saturated rings. The van der Waals surface area contributed by atoms with Gasteiger partial charge in [-0.25, -0.2) is 0 Å². The van der Waals surface area contributed by atoms with Crippen LogP contribution in [0.2, 0.25) is 5.02 Å². The fourth-order valence-corrected chi connectivity index (χ4v) is 3.15. The summed E-state index contributed by atoms with van der Waals surface area (Å²) >= 11 is 6.15. The second-order valence-corrected chi connectivity index (χ2v) is 6.10.